The van der Waals surface area contributed by atoms with Gasteiger partial charge in [0.1, 0.15) is 5.75 Å². The number of aromatic hydroxyl groups is 1. The molecule has 1 heterocycles. The van der Waals surface area contributed by atoms with Gasteiger partial charge in [-0.1, -0.05) is 48.6 Å². The van der Waals surface area contributed by atoms with Crippen molar-refractivity contribution in [3.05, 3.63) is 77.2 Å². The zero-order chi connectivity index (χ0) is 16.2. The molecular weight excluding hydrogens is 310 g/mol. The summed E-state index contributed by atoms with van der Waals surface area (Å²) in [6.07, 6.45) is 5.23. The van der Waals surface area contributed by atoms with E-state index in [4.69, 9.17) is 0 Å². The van der Waals surface area contributed by atoms with Crippen molar-refractivity contribution in [2.45, 2.75) is 0 Å². The van der Waals surface area contributed by atoms with Gasteiger partial charge >= 0.3 is 0 Å². The second kappa shape index (κ2) is 6.54. The number of allylic oxidation sites excluding steroid dienone is 2. The van der Waals surface area contributed by atoms with Gasteiger partial charge in [0.2, 0.25) is 0 Å². The van der Waals surface area contributed by atoms with E-state index in [0.29, 0.717) is 10.6 Å². The van der Waals surface area contributed by atoms with Crippen molar-refractivity contribution in [1.29, 1.82) is 0 Å². The Labute approximate surface area is 137 Å². The third-order valence-corrected chi connectivity index (χ3v) is 4.11. The number of hydrogen-bond acceptors (Lipinski definition) is 4. The lowest BCUT2D eigenvalue weighted by Crippen LogP contribution is -2.27. The Morgan fingerprint density at radius 3 is 2.52 bits per heavy atom. The quantitative estimate of drug-likeness (QED) is 0.861. The van der Waals surface area contributed by atoms with Crippen LogP contribution in [0.5, 0.6) is 5.75 Å². The molecule has 1 aliphatic heterocycles. The van der Waals surface area contributed by atoms with Crippen LogP contribution in [0.4, 0.5) is 10.5 Å². The molecule has 0 spiro atoms. The third kappa shape index (κ3) is 3.35. The fourth-order valence-corrected chi connectivity index (χ4v) is 2.94. The van der Waals surface area contributed by atoms with Crippen molar-refractivity contribution in [1.82, 2.24) is 0 Å². The molecule has 1 fully saturated rings. The van der Waals surface area contributed by atoms with Crippen LogP contribution in [0, 0.1) is 0 Å². The smallest absolute Gasteiger partial charge is 0.298 e. The average molecular weight is 323 g/mol. The van der Waals surface area contributed by atoms with E-state index in [-0.39, 0.29) is 16.9 Å². The summed E-state index contributed by atoms with van der Waals surface area (Å²) in [5, 5.41) is 9.12. The minimum atomic E-state index is -0.386. The molecule has 0 aromatic heterocycles. The Hall–Kier alpha value is -2.79. The molecular formula is C18H13NO3S. The molecule has 0 bridgehead atoms. The maximum absolute atomic E-state index is 12.4. The van der Waals surface area contributed by atoms with Crippen LogP contribution in [0.15, 0.2) is 71.7 Å². The second-order valence-electron chi connectivity index (χ2n) is 4.83. The van der Waals surface area contributed by atoms with Gasteiger partial charge in [-0.15, -0.1) is 0 Å². The van der Waals surface area contributed by atoms with Gasteiger partial charge in [-0.25, -0.2) is 4.90 Å². The predicted molar refractivity (Wildman–Crippen MR) is 92.1 cm³/mol. The molecule has 0 radical (unpaired) electrons. The summed E-state index contributed by atoms with van der Waals surface area (Å²) in [7, 11) is 0. The Morgan fingerprint density at radius 1 is 1.00 bits per heavy atom. The number of imide groups is 1. The van der Waals surface area contributed by atoms with E-state index in [0.717, 1.165) is 22.2 Å². The molecule has 5 heteroatoms. The van der Waals surface area contributed by atoms with Crippen molar-refractivity contribution in [3.63, 3.8) is 0 Å². The maximum atomic E-state index is 12.4. The number of nitrogens with zero attached hydrogens (tertiary/aromatic N) is 1. The third-order valence-electron chi connectivity index (χ3n) is 3.22. The van der Waals surface area contributed by atoms with Crippen molar-refractivity contribution in [2.75, 3.05) is 4.90 Å². The van der Waals surface area contributed by atoms with Gasteiger partial charge in [-0.05, 0) is 35.5 Å². The molecule has 2 aromatic rings. The van der Waals surface area contributed by atoms with Crippen LogP contribution in [0.1, 0.15) is 5.56 Å². The minimum absolute atomic E-state index is 0.00880. The summed E-state index contributed by atoms with van der Waals surface area (Å²) in [5.41, 5.74) is 1.37. The molecule has 0 atom stereocenters. The Morgan fingerprint density at radius 2 is 1.78 bits per heavy atom. The van der Waals surface area contributed by atoms with Gasteiger partial charge in [-0.3, -0.25) is 9.59 Å². The summed E-state index contributed by atoms with van der Waals surface area (Å²) in [6, 6.07) is 15.8. The number of anilines is 1. The van der Waals surface area contributed by atoms with Crippen molar-refractivity contribution >= 4 is 34.7 Å². The number of thioether (sulfide) groups is 1. The first-order valence-corrected chi connectivity index (χ1v) is 7.75. The predicted octanol–water partition coefficient (Wildman–Crippen LogP) is 4.19. The van der Waals surface area contributed by atoms with Gasteiger partial charge in [0, 0.05) is 6.07 Å². The van der Waals surface area contributed by atoms with Crippen molar-refractivity contribution in [2.24, 2.45) is 0 Å². The molecule has 0 unspecified atom stereocenters. The number of phenols is 1. The summed E-state index contributed by atoms with van der Waals surface area (Å²) < 4.78 is 0. The fraction of sp³-hybridized carbons (Fsp3) is 0. The van der Waals surface area contributed by atoms with Crippen LogP contribution in [-0.2, 0) is 4.79 Å². The van der Waals surface area contributed by atoms with Crippen LogP contribution in [0.25, 0.3) is 6.08 Å². The summed E-state index contributed by atoms with van der Waals surface area (Å²) in [5.74, 6) is -0.377. The maximum Gasteiger partial charge on any atom is 0.298 e. The van der Waals surface area contributed by atoms with Gasteiger partial charge in [0.15, 0.2) is 0 Å². The van der Waals surface area contributed by atoms with Crippen LogP contribution < -0.4 is 4.90 Å². The molecule has 4 nitrogen and oxygen atoms in total. The van der Waals surface area contributed by atoms with Gasteiger partial charge in [0.05, 0.1) is 10.6 Å². The largest absolute Gasteiger partial charge is 0.508 e. The van der Waals surface area contributed by atoms with Gasteiger partial charge < -0.3 is 5.11 Å². The monoisotopic (exact) mass is 323 g/mol. The van der Waals surface area contributed by atoms with Crippen molar-refractivity contribution < 1.29 is 14.7 Å². The Bertz CT molecular complexity index is 812. The number of amides is 2. The first-order valence-electron chi connectivity index (χ1n) is 6.94. The first-order chi connectivity index (χ1) is 11.1. The van der Waals surface area contributed by atoms with E-state index < -0.39 is 0 Å². The lowest BCUT2D eigenvalue weighted by molar-refractivity contribution is -0.113. The van der Waals surface area contributed by atoms with E-state index >= 15 is 0 Å². The normalized spacial score (nSPS) is 16.7. The van der Waals surface area contributed by atoms with Crippen LogP contribution in [-0.4, -0.2) is 16.3 Å². The van der Waals surface area contributed by atoms with E-state index in [1.54, 1.807) is 24.3 Å². The molecule has 1 N–H and O–H groups in total. The number of benzene rings is 2. The molecule has 114 valence electrons. The Balaban J connectivity index is 1.81. The molecule has 2 aromatic carbocycles. The van der Waals surface area contributed by atoms with Crippen LogP contribution in [0.3, 0.4) is 0 Å². The molecule has 1 saturated heterocycles. The SMILES string of the molecule is O=C1SC(=CC=Cc2ccccc2)C(=O)N1c1cccc(O)c1. The highest BCUT2D eigenvalue weighted by atomic mass is 32.2. The number of carbonyl (C=O) groups is 2. The highest BCUT2D eigenvalue weighted by Gasteiger charge is 2.36. The molecule has 1 aliphatic rings. The topological polar surface area (TPSA) is 57.6 Å². The second-order valence-corrected chi connectivity index (χ2v) is 5.82. The van der Waals surface area contributed by atoms with Crippen LogP contribution in [0.2, 0.25) is 0 Å². The van der Waals surface area contributed by atoms with Crippen molar-refractivity contribution in [3.8, 4) is 5.75 Å². The van der Waals surface area contributed by atoms with E-state index in [2.05, 4.69) is 0 Å². The Kier molecular flexibility index (Phi) is 4.30. The molecule has 0 saturated carbocycles. The summed E-state index contributed by atoms with van der Waals surface area (Å²) in [6.45, 7) is 0. The zero-order valence-corrected chi connectivity index (χ0v) is 12.9. The highest BCUT2D eigenvalue weighted by Crippen LogP contribution is 2.35. The van der Waals surface area contributed by atoms with Gasteiger partial charge in [-0.2, -0.15) is 0 Å². The fourth-order valence-electron chi connectivity index (χ4n) is 2.15. The number of phenolic OH excluding ortho intramolecular Hbond substituents is 1. The molecule has 0 aliphatic carbocycles. The minimum Gasteiger partial charge on any atom is -0.508 e. The van der Waals surface area contributed by atoms with Gasteiger partial charge in [0.25, 0.3) is 11.1 Å². The number of carbonyl (C=O) groups excluding carboxylic acids is 2. The van der Waals surface area contributed by atoms with E-state index in [1.165, 1.54) is 12.1 Å². The summed E-state index contributed by atoms with van der Waals surface area (Å²) >= 11 is 0.883. The van der Waals surface area contributed by atoms with E-state index in [1.807, 2.05) is 36.4 Å². The lowest BCUT2D eigenvalue weighted by Gasteiger charge is -2.12. The zero-order valence-electron chi connectivity index (χ0n) is 12.0. The number of rotatable bonds is 3. The summed E-state index contributed by atoms with van der Waals surface area (Å²) in [4.78, 5) is 25.8. The van der Waals surface area contributed by atoms with E-state index in [9.17, 15) is 14.7 Å². The first kappa shape index (κ1) is 15.1. The number of hydrogen-bond donors (Lipinski definition) is 1. The molecule has 23 heavy (non-hydrogen) atoms. The standard InChI is InChI=1S/C18H13NO3S/c20-15-10-5-9-14(12-15)19-17(21)16(23-18(19)22)11-4-8-13-6-2-1-3-7-13/h1-12,20H. The average Bonchev–Trinajstić information content (AvgIpc) is 2.82. The molecule has 2 amide bonds. The molecule has 3 rings (SSSR count). The highest BCUT2D eigenvalue weighted by molar-refractivity contribution is 8.18. The lowest BCUT2D eigenvalue weighted by atomic mass is 10.2. The van der Waals surface area contributed by atoms with Crippen LogP contribution >= 0.6 is 11.8 Å².